The largest absolute Gasteiger partial charge is 0.496 e. The number of imidazole rings is 1. The third kappa shape index (κ3) is 4.23. The fourth-order valence-corrected chi connectivity index (χ4v) is 4.07. The predicted molar refractivity (Wildman–Crippen MR) is 132 cm³/mol. The maximum absolute atomic E-state index is 6.42. The number of para-hydroxylation sites is 2. The van der Waals surface area contributed by atoms with Gasteiger partial charge < -0.3 is 20.4 Å². The predicted octanol–water partition coefficient (Wildman–Crippen LogP) is 5.26. The topological polar surface area (TPSA) is 92.1 Å². The van der Waals surface area contributed by atoms with Crippen LogP contribution in [-0.2, 0) is 6.42 Å². The molecule has 0 bridgehead atoms. The molecule has 0 amide bonds. The molecule has 0 saturated carbocycles. The number of benzene rings is 3. The first-order valence-corrected chi connectivity index (χ1v) is 10.8. The molecule has 0 unspecified atom stereocenters. The van der Waals surface area contributed by atoms with Crippen LogP contribution in [0.4, 0.5) is 0 Å². The average molecular weight is 436 g/mol. The van der Waals surface area contributed by atoms with Gasteiger partial charge in [-0.3, -0.25) is 4.99 Å². The van der Waals surface area contributed by atoms with Crippen molar-refractivity contribution in [1.82, 2.24) is 15.0 Å². The normalized spacial score (nSPS) is 12.7. The van der Waals surface area contributed by atoms with Crippen molar-refractivity contribution < 1.29 is 4.74 Å². The minimum Gasteiger partial charge on any atom is -0.496 e. The van der Waals surface area contributed by atoms with E-state index in [9.17, 15) is 0 Å². The lowest BCUT2D eigenvalue weighted by molar-refractivity contribution is 0.416. The van der Waals surface area contributed by atoms with E-state index in [1.165, 1.54) is 5.39 Å². The summed E-state index contributed by atoms with van der Waals surface area (Å²) in [6.45, 7) is 0. The van der Waals surface area contributed by atoms with Gasteiger partial charge in [-0.15, -0.1) is 0 Å². The minimum absolute atomic E-state index is 0.284. The van der Waals surface area contributed by atoms with Crippen molar-refractivity contribution in [3.63, 3.8) is 0 Å². The zero-order valence-electron chi connectivity index (χ0n) is 18.3. The zero-order chi connectivity index (χ0) is 22.6. The van der Waals surface area contributed by atoms with Gasteiger partial charge in [0.2, 0.25) is 0 Å². The Morgan fingerprint density at radius 1 is 1.00 bits per heavy atom. The van der Waals surface area contributed by atoms with Gasteiger partial charge in [0.1, 0.15) is 23.5 Å². The molecule has 6 nitrogen and oxygen atoms in total. The molecule has 2 heterocycles. The molecule has 5 rings (SSSR count). The molecule has 0 fully saturated rings. The molecular weight excluding hydrogens is 410 g/mol. The highest BCUT2D eigenvalue weighted by Gasteiger charge is 2.19. The number of aromatic amines is 2. The molecule has 33 heavy (non-hydrogen) atoms. The fraction of sp³-hybridized carbons (Fsp3) is 0.111. The summed E-state index contributed by atoms with van der Waals surface area (Å²) in [6, 6.07) is 25.6. The van der Waals surface area contributed by atoms with Gasteiger partial charge in [-0.1, -0.05) is 60.7 Å². The SMILES string of the molecule is COc1ccccc1-c1cnc([C@@H](Cc2c[nH]c3ccccc23)N=C(N)c2ccccc2)[nH]1. The third-order valence-electron chi connectivity index (χ3n) is 5.76. The van der Waals surface area contributed by atoms with Gasteiger partial charge in [0, 0.05) is 34.6 Å². The molecule has 6 heteroatoms. The highest BCUT2D eigenvalue weighted by atomic mass is 16.5. The Hall–Kier alpha value is -4.32. The standard InChI is InChI=1S/C27H25N5O/c1-33-25-14-8-6-12-21(25)24-17-30-27(32-24)23(31-26(28)18-9-3-2-4-10-18)15-19-16-29-22-13-7-5-11-20(19)22/h2-14,16-17,23,29H,15H2,1H3,(H2,28,31)(H,30,32)/t23-/m1/s1. The Labute approximate surface area is 192 Å². The number of aromatic nitrogens is 3. The summed E-state index contributed by atoms with van der Waals surface area (Å²) in [5, 5.41) is 1.17. The lowest BCUT2D eigenvalue weighted by Crippen LogP contribution is -2.16. The number of nitrogens with two attached hydrogens (primary N) is 1. The molecule has 5 aromatic rings. The molecule has 0 aliphatic rings. The summed E-state index contributed by atoms with van der Waals surface area (Å²) in [7, 11) is 1.67. The van der Waals surface area contributed by atoms with E-state index in [2.05, 4.69) is 22.1 Å². The van der Waals surface area contributed by atoms with Gasteiger partial charge in [0.25, 0.3) is 0 Å². The number of rotatable bonds is 7. The number of H-pyrrole nitrogens is 2. The monoisotopic (exact) mass is 435 g/mol. The van der Waals surface area contributed by atoms with Gasteiger partial charge in [0.05, 0.1) is 19.0 Å². The summed E-state index contributed by atoms with van der Waals surface area (Å²) >= 11 is 0. The van der Waals surface area contributed by atoms with Crippen LogP contribution in [0.1, 0.15) is 23.0 Å². The minimum atomic E-state index is -0.284. The third-order valence-corrected chi connectivity index (χ3v) is 5.76. The van der Waals surface area contributed by atoms with E-state index in [4.69, 9.17) is 20.4 Å². The van der Waals surface area contributed by atoms with E-state index in [1.807, 2.05) is 79.1 Å². The van der Waals surface area contributed by atoms with E-state index >= 15 is 0 Å². The van der Waals surface area contributed by atoms with E-state index < -0.39 is 0 Å². The van der Waals surface area contributed by atoms with Gasteiger partial charge >= 0.3 is 0 Å². The maximum Gasteiger partial charge on any atom is 0.131 e. The molecule has 0 aliphatic heterocycles. The summed E-state index contributed by atoms with van der Waals surface area (Å²) in [6.07, 6.45) is 4.51. The van der Waals surface area contributed by atoms with Gasteiger partial charge in [-0.25, -0.2) is 4.98 Å². The number of aliphatic imine (C=N–C) groups is 1. The Morgan fingerprint density at radius 3 is 2.61 bits per heavy atom. The van der Waals surface area contributed by atoms with Crippen molar-refractivity contribution in [1.29, 1.82) is 0 Å². The Morgan fingerprint density at radius 2 is 1.76 bits per heavy atom. The van der Waals surface area contributed by atoms with Gasteiger partial charge in [-0.2, -0.15) is 0 Å². The molecular formula is C27H25N5O. The summed E-state index contributed by atoms with van der Waals surface area (Å²) in [5.41, 5.74) is 11.4. The molecule has 3 aromatic carbocycles. The smallest absolute Gasteiger partial charge is 0.131 e. The van der Waals surface area contributed by atoms with Crippen LogP contribution in [0.3, 0.4) is 0 Å². The second-order valence-electron chi connectivity index (χ2n) is 7.84. The first-order chi connectivity index (χ1) is 16.2. The second kappa shape index (κ2) is 9.04. The van der Waals surface area contributed by atoms with E-state index in [0.29, 0.717) is 12.3 Å². The first-order valence-electron chi connectivity index (χ1n) is 10.8. The van der Waals surface area contributed by atoms with E-state index in [-0.39, 0.29) is 6.04 Å². The number of ether oxygens (including phenoxy) is 1. The quantitative estimate of drug-likeness (QED) is 0.241. The summed E-state index contributed by atoms with van der Waals surface area (Å²) in [5.74, 6) is 2.02. The van der Waals surface area contributed by atoms with Crippen LogP contribution >= 0.6 is 0 Å². The maximum atomic E-state index is 6.42. The number of fused-ring (bicyclic) bond motifs is 1. The van der Waals surface area contributed by atoms with Crippen LogP contribution in [-0.4, -0.2) is 27.9 Å². The van der Waals surface area contributed by atoms with Crippen molar-refractivity contribution in [2.24, 2.45) is 10.7 Å². The molecule has 164 valence electrons. The van der Waals surface area contributed by atoms with Crippen LogP contribution < -0.4 is 10.5 Å². The Bertz CT molecular complexity index is 1400. The first kappa shape index (κ1) is 20.6. The van der Waals surface area contributed by atoms with Crippen LogP contribution in [0.15, 0.2) is 96.2 Å². The second-order valence-corrected chi connectivity index (χ2v) is 7.84. The average Bonchev–Trinajstić information content (AvgIpc) is 3.52. The molecule has 4 N–H and O–H groups in total. The van der Waals surface area contributed by atoms with Crippen LogP contribution in [0.25, 0.3) is 22.2 Å². The van der Waals surface area contributed by atoms with Gasteiger partial charge in [-0.05, 0) is 23.8 Å². The number of nitrogens with one attached hydrogen (secondary N) is 2. The summed E-state index contributed by atoms with van der Waals surface area (Å²) < 4.78 is 5.53. The zero-order valence-corrected chi connectivity index (χ0v) is 18.3. The molecule has 0 spiro atoms. The number of hydrogen-bond acceptors (Lipinski definition) is 3. The molecule has 2 aromatic heterocycles. The van der Waals surface area contributed by atoms with Gasteiger partial charge in [0.15, 0.2) is 0 Å². The van der Waals surface area contributed by atoms with Crippen molar-refractivity contribution in [2.75, 3.05) is 7.11 Å². The lowest BCUT2D eigenvalue weighted by Gasteiger charge is -2.12. The van der Waals surface area contributed by atoms with E-state index in [1.54, 1.807) is 7.11 Å². The molecule has 0 saturated heterocycles. The number of nitrogens with zero attached hydrogens (tertiary/aromatic N) is 2. The summed E-state index contributed by atoms with van der Waals surface area (Å²) in [4.78, 5) is 16.4. The number of methoxy groups -OCH3 is 1. The lowest BCUT2D eigenvalue weighted by atomic mass is 10.0. The van der Waals surface area contributed by atoms with Crippen LogP contribution in [0.5, 0.6) is 5.75 Å². The van der Waals surface area contributed by atoms with Crippen LogP contribution in [0, 0.1) is 0 Å². The van der Waals surface area contributed by atoms with Crippen molar-refractivity contribution in [3.8, 4) is 17.0 Å². The molecule has 1 atom stereocenters. The van der Waals surface area contributed by atoms with Crippen molar-refractivity contribution in [2.45, 2.75) is 12.5 Å². The highest BCUT2D eigenvalue weighted by Crippen LogP contribution is 2.31. The van der Waals surface area contributed by atoms with Crippen LogP contribution in [0.2, 0.25) is 0 Å². The number of amidine groups is 1. The Balaban J connectivity index is 1.55. The Kier molecular flexibility index (Phi) is 5.64. The highest BCUT2D eigenvalue weighted by molar-refractivity contribution is 5.97. The van der Waals surface area contributed by atoms with E-state index in [0.717, 1.165) is 39.5 Å². The number of hydrogen-bond donors (Lipinski definition) is 3. The molecule has 0 radical (unpaired) electrons. The molecule has 0 aliphatic carbocycles. The fourth-order valence-electron chi connectivity index (χ4n) is 4.07. The van der Waals surface area contributed by atoms with Crippen molar-refractivity contribution in [3.05, 3.63) is 108 Å². The van der Waals surface area contributed by atoms with Crippen molar-refractivity contribution >= 4 is 16.7 Å².